The minimum atomic E-state index is 0.516. The molecule has 0 aliphatic rings. The standard InChI is InChI=1S/C31H56N6O2/c1-27(2)36(38)25-16-10-13-23-33-28(3)17-19-30(5)35(7)24-14-9-12-22-34-29(4)18-20-31(6)37(39)26-15-8-11-21-32/h8,10-11,13,33-34,38-39H,1,3-6,9,12,14-26,32H2,2,7H3/b11-8+,13-10+. The molecule has 0 amide bonds. The third-order valence-corrected chi connectivity index (χ3v) is 6.28. The maximum atomic E-state index is 10.0. The molecule has 0 aliphatic heterocycles. The SMILES string of the molecule is C=C(CCC(=C)N(C)CCCCCNC(=C)CCC(=C)N(O)CC/C=C/CN)NC/C=C/CCN(O)C(=C)C. The summed E-state index contributed by atoms with van der Waals surface area (Å²) in [5, 5.41) is 28.7. The van der Waals surface area contributed by atoms with Gasteiger partial charge in [0.15, 0.2) is 0 Å². The lowest BCUT2D eigenvalue weighted by Crippen LogP contribution is -2.21. The van der Waals surface area contributed by atoms with Crippen LogP contribution in [0.1, 0.15) is 64.7 Å². The van der Waals surface area contributed by atoms with Crippen molar-refractivity contribution in [2.45, 2.75) is 64.7 Å². The van der Waals surface area contributed by atoms with Crippen molar-refractivity contribution in [3.05, 3.63) is 85.7 Å². The quantitative estimate of drug-likeness (QED) is 0.0541. The monoisotopic (exact) mass is 544 g/mol. The number of hydroxylamine groups is 4. The number of nitrogens with zero attached hydrogens (tertiary/aromatic N) is 3. The van der Waals surface area contributed by atoms with Gasteiger partial charge < -0.3 is 21.3 Å². The summed E-state index contributed by atoms with van der Waals surface area (Å²) in [6.07, 6.45) is 15.9. The molecular weight excluding hydrogens is 488 g/mol. The van der Waals surface area contributed by atoms with Crippen molar-refractivity contribution in [1.29, 1.82) is 0 Å². The molecular formula is C31H56N6O2. The fourth-order valence-electron chi connectivity index (χ4n) is 3.52. The Kier molecular flexibility index (Phi) is 21.3. The smallest absolute Gasteiger partial charge is 0.0484 e. The highest BCUT2D eigenvalue weighted by atomic mass is 16.5. The van der Waals surface area contributed by atoms with Crippen molar-refractivity contribution in [2.75, 3.05) is 46.3 Å². The molecule has 0 radical (unpaired) electrons. The molecule has 8 nitrogen and oxygen atoms in total. The third kappa shape index (κ3) is 20.7. The molecule has 0 bridgehead atoms. The van der Waals surface area contributed by atoms with E-state index in [1.54, 1.807) is 6.92 Å². The van der Waals surface area contributed by atoms with Gasteiger partial charge >= 0.3 is 0 Å². The van der Waals surface area contributed by atoms with Gasteiger partial charge in [0.05, 0.1) is 0 Å². The highest BCUT2D eigenvalue weighted by Crippen LogP contribution is 2.13. The van der Waals surface area contributed by atoms with E-state index in [0.717, 1.165) is 93.2 Å². The van der Waals surface area contributed by atoms with E-state index in [1.807, 2.05) is 24.3 Å². The zero-order valence-corrected chi connectivity index (χ0v) is 24.8. The van der Waals surface area contributed by atoms with Crippen LogP contribution in [0, 0.1) is 0 Å². The molecule has 0 rings (SSSR count). The van der Waals surface area contributed by atoms with E-state index < -0.39 is 0 Å². The van der Waals surface area contributed by atoms with Gasteiger partial charge in [0, 0.05) is 74.8 Å². The van der Waals surface area contributed by atoms with Gasteiger partial charge in [-0.25, -0.2) is 0 Å². The van der Waals surface area contributed by atoms with Crippen molar-refractivity contribution in [1.82, 2.24) is 25.7 Å². The summed E-state index contributed by atoms with van der Waals surface area (Å²) in [5.41, 5.74) is 9.86. The van der Waals surface area contributed by atoms with Gasteiger partial charge in [-0.05, 0) is 64.7 Å². The fourth-order valence-corrected chi connectivity index (χ4v) is 3.52. The van der Waals surface area contributed by atoms with Crippen LogP contribution in [0.3, 0.4) is 0 Å². The van der Waals surface area contributed by atoms with Crippen LogP contribution in [0.2, 0.25) is 0 Å². The van der Waals surface area contributed by atoms with Crippen molar-refractivity contribution in [2.24, 2.45) is 5.73 Å². The number of hydrogen-bond acceptors (Lipinski definition) is 8. The maximum Gasteiger partial charge on any atom is 0.0484 e. The Morgan fingerprint density at radius 2 is 1.31 bits per heavy atom. The number of unbranched alkanes of at least 4 members (excludes halogenated alkanes) is 2. The summed E-state index contributed by atoms with van der Waals surface area (Å²) >= 11 is 0. The molecule has 0 saturated carbocycles. The van der Waals surface area contributed by atoms with Gasteiger partial charge in [0.1, 0.15) is 0 Å². The van der Waals surface area contributed by atoms with Gasteiger partial charge in [-0.2, -0.15) is 0 Å². The minimum Gasteiger partial charge on any atom is -0.389 e. The summed E-state index contributed by atoms with van der Waals surface area (Å²) < 4.78 is 0. The van der Waals surface area contributed by atoms with Gasteiger partial charge in [0.2, 0.25) is 0 Å². The van der Waals surface area contributed by atoms with E-state index in [4.69, 9.17) is 5.73 Å². The maximum absolute atomic E-state index is 10.0. The van der Waals surface area contributed by atoms with Crippen molar-refractivity contribution in [3.8, 4) is 0 Å². The predicted molar refractivity (Wildman–Crippen MR) is 166 cm³/mol. The Hall–Kier alpha value is -2.94. The molecule has 0 spiro atoms. The summed E-state index contributed by atoms with van der Waals surface area (Å²) in [6.45, 7) is 26.1. The molecule has 0 aliphatic carbocycles. The topological polar surface area (TPSA) is 100 Å². The molecule has 0 unspecified atom stereocenters. The van der Waals surface area contributed by atoms with E-state index in [2.05, 4.69) is 55.5 Å². The molecule has 0 atom stereocenters. The largest absolute Gasteiger partial charge is 0.389 e. The van der Waals surface area contributed by atoms with Crippen LogP contribution in [0.15, 0.2) is 85.7 Å². The molecule has 0 aromatic heterocycles. The summed E-state index contributed by atoms with van der Waals surface area (Å²) in [6, 6.07) is 0. The molecule has 39 heavy (non-hydrogen) atoms. The molecule has 0 saturated heterocycles. The molecule has 0 heterocycles. The summed E-state index contributed by atoms with van der Waals surface area (Å²) in [4.78, 5) is 2.24. The second-order valence-corrected chi connectivity index (χ2v) is 9.87. The average molecular weight is 545 g/mol. The van der Waals surface area contributed by atoms with Crippen LogP contribution in [0.5, 0.6) is 0 Å². The van der Waals surface area contributed by atoms with Crippen LogP contribution in [0.4, 0.5) is 0 Å². The third-order valence-electron chi connectivity index (χ3n) is 6.28. The molecule has 0 aromatic carbocycles. The first kappa shape index (κ1) is 36.1. The van der Waals surface area contributed by atoms with Crippen LogP contribution in [-0.2, 0) is 0 Å². The van der Waals surface area contributed by atoms with Gasteiger partial charge in [-0.15, -0.1) is 0 Å². The number of nitrogens with two attached hydrogens (primary N) is 1. The Labute approximate surface area is 238 Å². The van der Waals surface area contributed by atoms with Crippen LogP contribution >= 0.6 is 0 Å². The lowest BCUT2D eigenvalue weighted by molar-refractivity contribution is -0.0562. The molecule has 222 valence electrons. The van der Waals surface area contributed by atoms with Gasteiger partial charge in [-0.1, -0.05) is 57.2 Å². The van der Waals surface area contributed by atoms with E-state index >= 15 is 0 Å². The molecule has 8 heteroatoms. The normalized spacial score (nSPS) is 11.0. The van der Waals surface area contributed by atoms with Crippen LogP contribution in [-0.4, -0.2) is 71.8 Å². The van der Waals surface area contributed by atoms with Crippen LogP contribution < -0.4 is 16.4 Å². The van der Waals surface area contributed by atoms with Crippen molar-refractivity contribution in [3.63, 3.8) is 0 Å². The average Bonchev–Trinajstić information content (AvgIpc) is 2.91. The van der Waals surface area contributed by atoms with E-state index in [0.29, 0.717) is 37.4 Å². The van der Waals surface area contributed by atoms with Gasteiger partial charge in [-0.3, -0.25) is 20.5 Å². The highest BCUT2D eigenvalue weighted by molar-refractivity contribution is 5.02. The Bertz CT molecular complexity index is 805. The van der Waals surface area contributed by atoms with Crippen LogP contribution in [0.25, 0.3) is 0 Å². The number of nitrogens with one attached hydrogen (secondary N) is 2. The highest BCUT2D eigenvalue weighted by Gasteiger charge is 2.06. The van der Waals surface area contributed by atoms with E-state index in [-0.39, 0.29) is 0 Å². The first-order valence-corrected chi connectivity index (χ1v) is 14.1. The zero-order chi connectivity index (χ0) is 29.5. The minimum absolute atomic E-state index is 0.516. The molecule has 0 fully saturated rings. The van der Waals surface area contributed by atoms with Gasteiger partial charge in [0.25, 0.3) is 0 Å². The van der Waals surface area contributed by atoms with E-state index in [1.165, 1.54) is 5.06 Å². The van der Waals surface area contributed by atoms with E-state index in [9.17, 15) is 10.4 Å². The van der Waals surface area contributed by atoms with Crippen molar-refractivity contribution < 1.29 is 10.4 Å². The second kappa shape index (κ2) is 23.0. The first-order valence-electron chi connectivity index (χ1n) is 14.1. The zero-order valence-electron chi connectivity index (χ0n) is 24.8. The number of allylic oxidation sites excluding steroid dienone is 5. The second-order valence-electron chi connectivity index (χ2n) is 9.87. The van der Waals surface area contributed by atoms with Crippen molar-refractivity contribution >= 4 is 0 Å². The molecule has 0 aromatic rings. The molecule has 6 N–H and O–H groups in total. The predicted octanol–water partition coefficient (Wildman–Crippen LogP) is 5.65. The number of rotatable bonds is 26. The lowest BCUT2D eigenvalue weighted by Gasteiger charge is -2.22. The fraction of sp³-hybridized carbons (Fsp3) is 0.548. The Morgan fingerprint density at radius 1 is 0.718 bits per heavy atom. The number of hydrogen-bond donors (Lipinski definition) is 5. The lowest BCUT2D eigenvalue weighted by atomic mass is 10.1. The summed E-state index contributed by atoms with van der Waals surface area (Å²) in [5.74, 6) is 0. The first-order chi connectivity index (χ1) is 18.6. The Balaban J connectivity index is 3.83. The summed E-state index contributed by atoms with van der Waals surface area (Å²) in [7, 11) is 2.10. The Morgan fingerprint density at radius 3 is 1.95 bits per heavy atom.